The minimum Gasteiger partial charge on any atom is -0.334 e. The molecule has 1 aliphatic heterocycles. The Morgan fingerprint density at radius 2 is 1.77 bits per heavy atom. The standard InChI is InChI=1S/C25H26FN3O/c26-19-12-10-18(11-13-19)22-16-23(28-27-22)25(30)29-15-14-20(17-6-2-1-3-7-17)21-8-4-5-9-24(21)29/h1-3,6-7,10-13,16,20-21,24H,4-5,8-9,14-15H2,(H,27,28)/t20-,21-,24-/m1/s1. The molecule has 4 nitrogen and oxygen atoms in total. The van der Waals surface area contributed by atoms with Crippen molar-refractivity contribution in [3.63, 3.8) is 0 Å². The molecule has 2 heterocycles. The molecule has 30 heavy (non-hydrogen) atoms. The van der Waals surface area contributed by atoms with Crippen molar-refractivity contribution >= 4 is 5.91 Å². The second-order valence-electron chi connectivity index (χ2n) is 8.49. The molecule has 1 saturated carbocycles. The summed E-state index contributed by atoms with van der Waals surface area (Å²) in [5.41, 5.74) is 3.38. The number of H-pyrrole nitrogens is 1. The molecule has 2 fully saturated rings. The Balaban J connectivity index is 1.38. The highest BCUT2D eigenvalue weighted by molar-refractivity contribution is 5.93. The minimum atomic E-state index is -0.282. The third-order valence-electron chi connectivity index (χ3n) is 6.82. The third kappa shape index (κ3) is 3.53. The first-order chi connectivity index (χ1) is 14.7. The number of carbonyl (C=O) groups is 1. The highest BCUT2D eigenvalue weighted by atomic mass is 19.1. The maximum absolute atomic E-state index is 13.4. The number of nitrogens with one attached hydrogen (secondary N) is 1. The van der Waals surface area contributed by atoms with Crippen LogP contribution in [0.15, 0.2) is 60.7 Å². The van der Waals surface area contributed by atoms with Crippen LogP contribution in [-0.4, -0.2) is 33.6 Å². The number of likely N-dealkylation sites (tertiary alicyclic amines) is 1. The molecule has 1 N–H and O–H groups in total. The van der Waals surface area contributed by atoms with Gasteiger partial charge in [-0.2, -0.15) is 5.10 Å². The van der Waals surface area contributed by atoms with E-state index in [9.17, 15) is 9.18 Å². The highest BCUT2D eigenvalue weighted by Gasteiger charge is 2.42. The van der Waals surface area contributed by atoms with Crippen molar-refractivity contribution in [2.24, 2.45) is 5.92 Å². The zero-order valence-electron chi connectivity index (χ0n) is 16.9. The van der Waals surface area contributed by atoms with Gasteiger partial charge < -0.3 is 4.90 Å². The molecule has 1 aliphatic carbocycles. The molecule has 1 aromatic heterocycles. The molecule has 5 heteroatoms. The molecule has 0 bridgehead atoms. The quantitative estimate of drug-likeness (QED) is 0.636. The van der Waals surface area contributed by atoms with Gasteiger partial charge in [0.25, 0.3) is 5.91 Å². The average molecular weight is 404 g/mol. The van der Waals surface area contributed by atoms with Gasteiger partial charge in [-0.3, -0.25) is 9.89 Å². The van der Waals surface area contributed by atoms with Gasteiger partial charge in [-0.1, -0.05) is 43.2 Å². The first-order valence-corrected chi connectivity index (χ1v) is 10.9. The Hall–Kier alpha value is -2.95. The number of fused-ring (bicyclic) bond motifs is 1. The predicted molar refractivity (Wildman–Crippen MR) is 115 cm³/mol. The van der Waals surface area contributed by atoms with Crippen molar-refractivity contribution in [3.8, 4) is 11.3 Å². The number of aromatic nitrogens is 2. The molecular formula is C25H26FN3O. The number of benzene rings is 2. The molecular weight excluding hydrogens is 377 g/mol. The second-order valence-corrected chi connectivity index (χ2v) is 8.49. The summed E-state index contributed by atoms with van der Waals surface area (Å²) in [4.78, 5) is 15.5. The molecule has 0 unspecified atom stereocenters. The minimum absolute atomic E-state index is 0.0271. The van der Waals surface area contributed by atoms with Crippen molar-refractivity contribution in [1.29, 1.82) is 0 Å². The van der Waals surface area contributed by atoms with Crippen LogP contribution in [0, 0.1) is 11.7 Å². The van der Waals surface area contributed by atoms with Gasteiger partial charge in [-0.05, 0) is 67.0 Å². The molecule has 1 amide bonds. The van der Waals surface area contributed by atoms with Gasteiger partial charge in [-0.25, -0.2) is 4.39 Å². The highest BCUT2D eigenvalue weighted by Crippen LogP contribution is 2.44. The summed E-state index contributed by atoms with van der Waals surface area (Å²) >= 11 is 0. The maximum atomic E-state index is 13.4. The lowest BCUT2D eigenvalue weighted by Crippen LogP contribution is -2.52. The second kappa shape index (κ2) is 8.05. The fourth-order valence-electron chi connectivity index (χ4n) is 5.38. The van der Waals surface area contributed by atoms with E-state index in [1.807, 2.05) is 0 Å². The molecule has 2 aromatic carbocycles. The zero-order valence-corrected chi connectivity index (χ0v) is 16.9. The Kier molecular flexibility index (Phi) is 5.11. The summed E-state index contributed by atoms with van der Waals surface area (Å²) in [5.74, 6) is 0.782. The van der Waals surface area contributed by atoms with E-state index < -0.39 is 0 Å². The van der Waals surface area contributed by atoms with Gasteiger partial charge in [0.05, 0.1) is 5.69 Å². The molecule has 3 aromatic rings. The van der Waals surface area contributed by atoms with E-state index in [0.717, 1.165) is 24.9 Å². The smallest absolute Gasteiger partial charge is 0.272 e. The summed E-state index contributed by atoms with van der Waals surface area (Å²) in [5, 5.41) is 7.22. The Morgan fingerprint density at radius 3 is 2.57 bits per heavy atom. The van der Waals surface area contributed by atoms with Crippen LogP contribution in [0.4, 0.5) is 4.39 Å². The SMILES string of the molecule is O=C(c1cc(-c2ccc(F)cc2)n[nH]1)N1CC[C@H](c2ccccc2)[C@H]2CCCC[C@H]21. The van der Waals surface area contributed by atoms with Crippen molar-refractivity contribution in [2.75, 3.05) is 6.54 Å². The first-order valence-electron chi connectivity index (χ1n) is 10.9. The molecule has 0 radical (unpaired) electrons. The molecule has 0 spiro atoms. The lowest BCUT2D eigenvalue weighted by atomic mass is 9.69. The number of aromatic amines is 1. The summed E-state index contributed by atoms with van der Waals surface area (Å²) in [6.45, 7) is 0.768. The summed E-state index contributed by atoms with van der Waals surface area (Å²) in [7, 11) is 0. The van der Waals surface area contributed by atoms with E-state index in [1.54, 1.807) is 18.2 Å². The molecule has 1 saturated heterocycles. The third-order valence-corrected chi connectivity index (χ3v) is 6.82. The van der Waals surface area contributed by atoms with Crippen LogP contribution < -0.4 is 0 Å². The molecule has 154 valence electrons. The summed E-state index contributed by atoms with van der Waals surface area (Å²) in [6.07, 6.45) is 5.66. The molecule has 5 rings (SSSR count). The number of amides is 1. The van der Waals surface area contributed by atoms with Crippen LogP contribution in [0.1, 0.15) is 54.1 Å². The topological polar surface area (TPSA) is 49.0 Å². The number of halogens is 1. The Bertz CT molecular complexity index is 1010. The van der Waals surface area contributed by atoms with Gasteiger partial charge in [0.1, 0.15) is 11.5 Å². The van der Waals surface area contributed by atoms with E-state index in [-0.39, 0.29) is 17.8 Å². The fraction of sp³-hybridized carbons (Fsp3) is 0.360. The summed E-state index contributed by atoms with van der Waals surface area (Å²) < 4.78 is 13.2. The lowest BCUT2D eigenvalue weighted by molar-refractivity contribution is 0.0314. The van der Waals surface area contributed by atoms with Gasteiger partial charge in [0, 0.05) is 18.2 Å². The van der Waals surface area contributed by atoms with Crippen LogP contribution >= 0.6 is 0 Å². The number of piperidine rings is 1. The van der Waals surface area contributed by atoms with Crippen LogP contribution in [0.5, 0.6) is 0 Å². The van der Waals surface area contributed by atoms with Gasteiger partial charge >= 0.3 is 0 Å². The first kappa shape index (κ1) is 19.0. The van der Waals surface area contributed by atoms with Gasteiger partial charge in [0.2, 0.25) is 0 Å². The van der Waals surface area contributed by atoms with Crippen LogP contribution in [0.2, 0.25) is 0 Å². The molecule has 2 aliphatic rings. The number of hydrogen-bond donors (Lipinski definition) is 1. The Labute approximate surface area is 176 Å². The fourth-order valence-corrected chi connectivity index (χ4v) is 5.38. The number of carbonyl (C=O) groups excluding carboxylic acids is 1. The van der Waals surface area contributed by atoms with Crippen molar-refractivity contribution in [3.05, 3.63) is 77.7 Å². The van der Waals surface area contributed by atoms with E-state index in [4.69, 9.17) is 0 Å². The zero-order chi connectivity index (χ0) is 20.5. The Morgan fingerprint density at radius 1 is 1.00 bits per heavy atom. The largest absolute Gasteiger partial charge is 0.334 e. The number of nitrogens with zero attached hydrogens (tertiary/aromatic N) is 2. The van der Waals surface area contributed by atoms with E-state index in [0.29, 0.717) is 23.2 Å². The predicted octanol–water partition coefficient (Wildman–Crippen LogP) is 5.40. The number of rotatable bonds is 3. The van der Waals surface area contributed by atoms with E-state index >= 15 is 0 Å². The monoisotopic (exact) mass is 403 g/mol. The summed E-state index contributed by atoms with van der Waals surface area (Å²) in [6, 6.07) is 19.0. The van der Waals surface area contributed by atoms with Crippen LogP contribution in [0.25, 0.3) is 11.3 Å². The van der Waals surface area contributed by atoms with Crippen molar-refractivity contribution in [1.82, 2.24) is 15.1 Å². The van der Waals surface area contributed by atoms with Crippen molar-refractivity contribution < 1.29 is 9.18 Å². The average Bonchev–Trinajstić information content (AvgIpc) is 3.29. The van der Waals surface area contributed by atoms with E-state index in [2.05, 4.69) is 45.4 Å². The van der Waals surface area contributed by atoms with Gasteiger partial charge in [0.15, 0.2) is 0 Å². The van der Waals surface area contributed by atoms with E-state index in [1.165, 1.54) is 37.0 Å². The molecule has 3 atom stereocenters. The number of hydrogen-bond acceptors (Lipinski definition) is 2. The lowest BCUT2D eigenvalue weighted by Gasteiger charge is -2.48. The van der Waals surface area contributed by atoms with Crippen LogP contribution in [-0.2, 0) is 0 Å². The maximum Gasteiger partial charge on any atom is 0.272 e. The van der Waals surface area contributed by atoms with Gasteiger partial charge in [-0.15, -0.1) is 0 Å². The van der Waals surface area contributed by atoms with Crippen molar-refractivity contribution in [2.45, 2.75) is 44.1 Å². The normalized spacial score (nSPS) is 23.8. The van der Waals surface area contributed by atoms with Crippen LogP contribution in [0.3, 0.4) is 0 Å².